The molecule has 2 aromatic carbocycles. The largest absolute Gasteiger partial charge is 0.494 e. The van der Waals surface area contributed by atoms with Crippen LogP contribution in [0.2, 0.25) is 0 Å². The van der Waals surface area contributed by atoms with E-state index in [9.17, 15) is 4.79 Å². The van der Waals surface area contributed by atoms with Gasteiger partial charge in [0, 0.05) is 11.1 Å². The van der Waals surface area contributed by atoms with Gasteiger partial charge in [-0.1, -0.05) is 24.3 Å². The van der Waals surface area contributed by atoms with Gasteiger partial charge in [-0.05, 0) is 42.7 Å². The number of ketones is 1. The molecule has 0 fully saturated rings. The van der Waals surface area contributed by atoms with E-state index in [0.29, 0.717) is 6.61 Å². The quantitative estimate of drug-likeness (QED) is 0.685. The van der Waals surface area contributed by atoms with Gasteiger partial charge in [0.25, 0.3) is 0 Å². The van der Waals surface area contributed by atoms with Gasteiger partial charge in [-0.3, -0.25) is 4.79 Å². The summed E-state index contributed by atoms with van der Waals surface area (Å²) in [6, 6.07) is 13.5. The van der Waals surface area contributed by atoms with Crippen molar-refractivity contribution in [3.63, 3.8) is 0 Å². The summed E-state index contributed by atoms with van der Waals surface area (Å²) in [4.78, 5) is 12.3. The number of rotatable bonds is 2. The average Bonchev–Trinajstić information content (AvgIpc) is 2.39. The predicted octanol–water partition coefficient (Wildman–Crippen LogP) is 3.22. The van der Waals surface area contributed by atoms with Gasteiger partial charge in [0.2, 0.25) is 0 Å². The molecule has 0 saturated carbocycles. The summed E-state index contributed by atoms with van der Waals surface area (Å²) >= 11 is 0. The molecular formula is C16H14O2. The fourth-order valence-electron chi connectivity index (χ4n) is 2.44. The fourth-order valence-corrected chi connectivity index (χ4v) is 2.44. The molecule has 2 nitrogen and oxygen atoms in total. The van der Waals surface area contributed by atoms with E-state index in [0.717, 1.165) is 34.4 Å². The van der Waals surface area contributed by atoms with E-state index >= 15 is 0 Å². The molecular weight excluding hydrogens is 224 g/mol. The summed E-state index contributed by atoms with van der Waals surface area (Å²) in [6.07, 6.45) is 0.804. The lowest BCUT2D eigenvalue weighted by atomic mass is 9.85. The first kappa shape index (κ1) is 11.0. The molecule has 0 atom stereocenters. The molecule has 0 aromatic heterocycles. The highest BCUT2D eigenvalue weighted by Crippen LogP contribution is 2.29. The van der Waals surface area contributed by atoms with Crippen molar-refractivity contribution in [2.24, 2.45) is 0 Å². The predicted molar refractivity (Wildman–Crippen MR) is 70.3 cm³/mol. The van der Waals surface area contributed by atoms with Crippen LogP contribution in [-0.2, 0) is 6.42 Å². The van der Waals surface area contributed by atoms with E-state index in [1.807, 2.05) is 49.4 Å². The zero-order valence-electron chi connectivity index (χ0n) is 10.3. The first-order chi connectivity index (χ1) is 8.79. The monoisotopic (exact) mass is 238 g/mol. The molecule has 2 heteroatoms. The molecule has 0 amide bonds. The van der Waals surface area contributed by atoms with Gasteiger partial charge in [-0.25, -0.2) is 0 Å². The lowest BCUT2D eigenvalue weighted by molar-refractivity contribution is 0.103. The molecule has 0 spiro atoms. The zero-order valence-corrected chi connectivity index (χ0v) is 10.3. The molecule has 2 aromatic rings. The third kappa shape index (κ3) is 1.70. The van der Waals surface area contributed by atoms with E-state index in [1.54, 1.807) is 0 Å². The summed E-state index contributed by atoms with van der Waals surface area (Å²) in [7, 11) is 0. The van der Waals surface area contributed by atoms with Crippen molar-refractivity contribution in [2.75, 3.05) is 6.61 Å². The zero-order chi connectivity index (χ0) is 12.5. The molecule has 0 N–H and O–H groups in total. The third-order valence-corrected chi connectivity index (χ3v) is 3.28. The smallest absolute Gasteiger partial charge is 0.193 e. The maximum Gasteiger partial charge on any atom is 0.193 e. The fraction of sp³-hybridized carbons (Fsp3) is 0.188. The minimum atomic E-state index is 0.120. The van der Waals surface area contributed by atoms with Crippen LogP contribution in [0.5, 0.6) is 5.75 Å². The third-order valence-electron chi connectivity index (χ3n) is 3.28. The van der Waals surface area contributed by atoms with Gasteiger partial charge in [-0.2, -0.15) is 0 Å². The van der Waals surface area contributed by atoms with Gasteiger partial charge >= 0.3 is 0 Å². The Morgan fingerprint density at radius 3 is 2.67 bits per heavy atom. The second-order valence-electron chi connectivity index (χ2n) is 4.42. The Morgan fingerprint density at radius 2 is 1.83 bits per heavy atom. The average molecular weight is 238 g/mol. The van der Waals surface area contributed by atoms with Crippen LogP contribution in [0, 0.1) is 0 Å². The van der Waals surface area contributed by atoms with Crippen LogP contribution in [0.1, 0.15) is 34.0 Å². The molecule has 18 heavy (non-hydrogen) atoms. The summed E-state index contributed by atoms with van der Waals surface area (Å²) in [5.74, 6) is 0.957. The summed E-state index contributed by atoms with van der Waals surface area (Å²) < 4.78 is 5.48. The Morgan fingerprint density at radius 1 is 1.06 bits per heavy atom. The van der Waals surface area contributed by atoms with Gasteiger partial charge in [-0.15, -0.1) is 0 Å². The number of fused-ring (bicyclic) bond motifs is 2. The molecule has 1 aliphatic rings. The molecule has 0 radical (unpaired) electrons. The highest BCUT2D eigenvalue weighted by molar-refractivity contribution is 6.12. The van der Waals surface area contributed by atoms with E-state index in [4.69, 9.17) is 4.74 Å². The summed E-state index contributed by atoms with van der Waals surface area (Å²) in [5.41, 5.74) is 3.79. The van der Waals surface area contributed by atoms with Crippen molar-refractivity contribution in [2.45, 2.75) is 13.3 Å². The molecule has 0 aliphatic heterocycles. The van der Waals surface area contributed by atoms with Crippen molar-refractivity contribution in [3.05, 3.63) is 64.7 Å². The second kappa shape index (κ2) is 4.30. The van der Waals surface area contributed by atoms with Crippen molar-refractivity contribution in [1.29, 1.82) is 0 Å². The van der Waals surface area contributed by atoms with E-state index < -0.39 is 0 Å². The molecule has 1 aliphatic carbocycles. The van der Waals surface area contributed by atoms with Crippen molar-refractivity contribution in [3.8, 4) is 5.75 Å². The molecule has 0 unspecified atom stereocenters. The first-order valence-corrected chi connectivity index (χ1v) is 6.18. The van der Waals surface area contributed by atoms with Crippen molar-refractivity contribution in [1.82, 2.24) is 0 Å². The van der Waals surface area contributed by atoms with Crippen LogP contribution >= 0.6 is 0 Å². The lowest BCUT2D eigenvalue weighted by Crippen LogP contribution is -2.14. The van der Waals surface area contributed by atoms with Gasteiger partial charge in [0.15, 0.2) is 5.78 Å². The lowest BCUT2D eigenvalue weighted by Gasteiger charge is -2.19. The van der Waals surface area contributed by atoms with Crippen LogP contribution in [0.3, 0.4) is 0 Å². The van der Waals surface area contributed by atoms with E-state index in [1.165, 1.54) is 0 Å². The number of carbonyl (C=O) groups excluding carboxylic acids is 1. The Labute approximate surface area is 106 Å². The van der Waals surface area contributed by atoms with E-state index in [2.05, 4.69) is 0 Å². The van der Waals surface area contributed by atoms with Gasteiger partial charge in [0.05, 0.1) is 6.61 Å². The van der Waals surface area contributed by atoms with Crippen LogP contribution in [-0.4, -0.2) is 12.4 Å². The Bertz CT molecular complexity index is 614. The molecule has 0 heterocycles. The van der Waals surface area contributed by atoms with Crippen LogP contribution in [0.25, 0.3) is 0 Å². The van der Waals surface area contributed by atoms with Crippen LogP contribution in [0.15, 0.2) is 42.5 Å². The number of ether oxygens (including phenoxy) is 1. The minimum absolute atomic E-state index is 0.120. The molecule has 90 valence electrons. The second-order valence-corrected chi connectivity index (χ2v) is 4.42. The summed E-state index contributed by atoms with van der Waals surface area (Å²) in [6.45, 7) is 2.60. The standard InChI is InChI=1S/C16H14O2/c1-2-18-13-7-8-15-12(10-13)9-11-5-3-4-6-14(11)16(15)17/h3-8,10H,2,9H2,1H3. The maximum absolute atomic E-state index is 12.3. The SMILES string of the molecule is CCOc1ccc2c(c1)Cc1ccccc1C2=O. The van der Waals surface area contributed by atoms with Crippen molar-refractivity contribution >= 4 is 5.78 Å². The summed E-state index contributed by atoms with van der Waals surface area (Å²) in [5, 5.41) is 0. The Balaban J connectivity index is 2.08. The maximum atomic E-state index is 12.3. The molecule has 3 rings (SSSR count). The number of hydrogen-bond donors (Lipinski definition) is 0. The normalized spacial score (nSPS) is 12.8. The Hall–Kier alpha value is -2.09. The van der Waals surface area contributed by atoms with Crippen LogP contribution < -0.4 is 4.74 Å². The number of carbonyl (C=O) groups is 1. The van der Waals surface area contributed by atoms with Crippen molar-refractivity contribution < 1.29 is 9.53 Å². The first-order valence-electron chi connectivity index (χ1n) is 6.18. The van der Waals surface area contributed by atoms with Gasteiger partial charge < -0.3 is 4.74 Å². The minimum Gasteiger partial charge on any atom is -0.494 e. The Kier molecular flexibility index (Phi) is 2.63. The van der Waals surface area contributed by atoms with Crippen LogP contribution in [0.4, 0.5) is 0 Å². The number of benzene rings is 2. The topological polar surface area (TPSA) is 26.3 Å². The highest BCUT2D eigenvalue weighted by atomic mass is 16.5. The van der Waals surface area contributed by atoms with E-state index in [-0.39, 0.29) is 5.78 Å². The van der Waals surface area contributed by atoms with Gasteiger partial charge in [0.1, 0.15) is 5.75 Å². The number of hydrogen-bond acceptors (Lipinski definition) is 2. The molecule has 0 bridgehead atoms. The highest BCUT2D eigenvalue weighted by Gasteiger charge is 2.22. The molecule has 0 saturated heterocycles.